The van der Waals surface area contributed by atoms with E-state index in [4.69, 9.17) is 14.6 Å². The van der Waals surface area contributed by atoms with Crippen molar-refractivity contribution in [2.45, 2.75) is 33.1 Å². The third-order valence-corrected chi connectivity index (χ3v) is 6.92. The number of aryl methyl sites for hydroxylation is 2. The molecule has 0 radical (unpaired) electrons. The number of fused-ring (bicyclic) bond motifs is 2. The number of nitrogens with two attached hydrogens (primary N) is 1. The van der Waals surface area contributed by atoms with Crippen LogP contribution in [0.3, 0.4) is 0 Å². The number of piperidine rings is 1. The van der Waals surface area contributed by atoms with Crippen molar-refractivity contribution in [3.63, 3.8) is 0 Å². The first-order chi connectivity index (χ1) is 16.3. The summed E-state index contributed by atoms with van der Waals surface area (Å²) in [7, 11) is 0. The summed E-state index contributed by atoms with van der Waals surface area (Å²) in [4.78, 5) is 38.8. The van der Waals surface area contributed by atoms with Crippen LogP contribution in [-0.2, 0) is 16.0 Å². The first kappa shape index (κ1) is 21.9. The monoisotopic (exact) mass is 458 g/mol. The smallest absolute Gasteiger partial charge is 0.340 e. The molecule has 1 aliphatic heterocycles. The van der Waals surface area contributed by atoms with E-state index in [-0.39, 0.29) is 24.2 Å². The molecule has 7 nitrogen and oxygen atoms in total. The Morgan fingerprint density at radius 3 is 2.41 bits per heavy atom. The van der Waals surface area contributed by atoms with Crippen LogP contribution >= 0.6 is 0 Å². The Hall–Kier alpha value is -3.87. The average Bonchev–Trinajstić information content (AvgIpc) is 3.24. The first-order valence-corrected chi connectivity index (χ1v) is 11.4. The van der Waals surface area contributed by atoms with E-state index >= 15 is 0 Å². The maximum Gasteiger partial charge on any atom is 0.340 e. The summed E-state index contributed by atoms with van der Waals surface area (Å²) >= 11 is 0. The minimum absolute atomic E-state index is 0.0421. The highest BCUT2D eigenvalue weighted by Gasteiger charge is 2.27. The molecular weight excluding hydrogens is 432 g/mol. The molecule has 4 aromatic rings. The van der Waals surface area contributed by atoms with Gasteiger partial charge in [0.05, 0.1) is 18.2 Å². The number of hydrogen-bond acceptors (Lipinski definition) is 5. The molecule has 0 aliphatic carbocycles. The van der Waals surface area contributed by atoms with Crippen LogP contribution in [0.2, 0.25) is 0 Å². The van der Waals surface area contributed by atoms with Crippen LogP contribution in [-0.4, -0.2) is 29.8 Å². The van der Waals surface area contributed by atoms with E-state index in [9.17, 15) is 14.4 Å². The standard InChI is InChI=1S/C27H26N2O5/c1-15-3-5-17(6-4-15)22-14-33-23-13-24-19(11-21(22)23)16(2)20(27(32)34-24)12-25(30)29-9-7-18(8-10-29)26(28)31/h3-6,11,13-14,18H,7-10,12H2,1-2H3,(H2,28,31). The number of likely N-dealkylation sites (tertiary alicyclic amines) is 1. The molecular formula is C27H26N2O5. The molecule has 3 heterocycles. The Labute approximate surface area is 196 Å². The zero-order chi connectivity index (χ0) is 24.0. The number of carbonyl (C=O) groups is 2. The Balaban J connectivity index is 1.49. The van der Waals surface area contributed by atoms with Crippen LogP contribution in [0.4, 0.5) is 0 Å². The van der Waals surface area contributed by atoms with Crippen molar-refractivity contribution < 1.29 is 18.4 Å². The third-order valence-electron chi connectivity index (χ3n) is 6.92. The van der Waals surface area contributed by atoms with E-state index in [1.165, 1.54) is 5.56 Å². The molecule has 0 atom stereocenters. The van der Waals surface area contributed by atoms with E-state index < -0.39 is 5.63 Å². The van der Waals surface area contributed by atoms with E-state index in [0.717, 1.165) is 27.5 Å². The normalized spacial score (nSPS) is 14.7. The molecule has 1 saturated heterocycles. The van der Waals surface area contributed by atoms with E-state index in [2.05, 4.69) is 12.1 Å². The van der Waals surface area contributed by atoms with Crippen molar-refractivity contribution in [2.24, 2.45) is 11.7 Å². The Morgan fingerprint density at radius 2 is 1.74 bits per heavy atom. The molecule has 2 aromatic carbocycles. The van der Waals surface area contributed by atoms with Gasteiger partial charge in [0.25, 0.3) is 0 Å². The number of carbonyl (C=O) groups excluding carboxylic acids is 2. The fourth-order valence-corrected chi connectivity index (χ4v) is 4.75. The van der Waals surface area contributed by atoms with Crippen LogP contribution in [0.5, 0.6) is 0 Å². The van der Waals surface area contributed by atoms with Gasteiger partial charge < -0.3 is 19.5 Å². The molecule has 1 fully saturated rings. The predicted octanol–water partition coefficient (Wildman–Crippen LogP) is 4.09. The van der Waals surface area contributed by atoms with Crippen LogP contribution in [0.15, 0.2) is 56.3 Å². The second kappa shape index (κ2) is 8.48. The van der Waals surface area contributed by atoms with Crippen LogP contribution in [0.1, 0.15) is 29.5 Å². The van der Waals surface area contributed by atoms with Gasteiger partial charge in [-0.2, -0.15) is 0 Å². The molecule has 7 heteroatoms. The number of rotatable bonds is 4. The van der Waals surface area contributed by atoms with Gasteiger partial charge in [-0.1, -0.05) is 29.8 Å². The summed E-state index contributed by atoms with van der Waals surface area (Å²) in [6.45, 7) is 4.80. The molecule has 0 unspecified atom stereocenters. The summed E-state index contributed by atoms with van der Waals surface area (Å²) in [5.41, 5.74) is 10.2. The van der Waals surface area contributed by atoms with Gasteiger partial charge in [0.2, 0.25) is 11.8 Å². The van der Waals surface area contributed by atoms with Gasteiger partial charge in [-0.3, -0.25) is 9.59 Å². The molecule has 2 N–H and O–H groups in total. The zero-order valence-electron chi connectivity index (χ0n) is 19.2. The van der Waals surface area contributed by atoms with Crippen molar-refractivity contribution in [1.82, 2.24) is 4.90 Å². The second-order valence-corrected chi connectivity index (χ2v) is 9.09. The summed E-state index contributed by atoms with van der Waals surface area (Å²) in [6.07, 6.45) is 2.76. The summed E-state index contributed by atoms with van der Waals surface area (Å²) in [6, 6.07) is 11.9. The number of hydrogen-bond donors (Lipinski definition) is 1. The van der Waals surface area contributed by atoms with Crippen molar-refractivity contribution >= 4 is 33.8 Å². The Bertz CT molecular complexity index is 1470. The Morgan fingerprint density at radius 1 is 1.03 bits per heavy atom. The second-order valence-electron chi connectivity index (χ2n) is 9.09. The number of amides is 2. The van der Waals surface area contributed by atoms with E-state index in [1.54, 1.807) is 17.2 Å². The molecule has 174 valence electrons. The van der Waals surface area contributed by atoms with Crippen LogP contribution in [0, 0.1) is 19.8 Å². The molecule has 2 aromatic heterocycles. The largest absolute Gasteiger partial charge is 0.464 e. The minimum atomic E-state index is -0.518. The van der Waals surface area contributed by atoms with Crippen molar-refractivity contribution in [3.8, 4) is 11.1 Å². The van der Waals surface area contributed by atoms with Gasteiger partial charge in [0.15, 0.2) is 0 Å². The van der Waals surface area contributed by atoms with Crippen LogP contribution < -0.4 is 11.4 Å². The number of primary amides is 1. The van der Waals surface area contributed by atoms with E-state index in [1.807, 2.05) is 32.0 Å². The zero-order valence-corrected chi connectivity index (χ0v) is 19.2. The summed E-state index contributed by atoms with van der Waals surface area (Å²) < 4.78 is 11.4. The molecule has 5 rings (SSSR count). The molecule has 0 saturated carbocycles. The maximum atomic E-state index is 12.9. The molecule has 0 spiro atoms. The quantitative estimate of drug-likeness (QED) is 0.464. The van der Waals surface area contributed by atoms with Gasteiger partial charge in [-0.25, -0.2) is 4.79 Å². The van der Waals surface area contributed by atoms with Gasteiger partial charge in [0.1, 0.15) is 11.2 Å². The van der Waals surface area contributed by atoms with Gasteiger partial charge in [0, 0.05) is 41.4 Å². The fraction of sp³-hybridized carbons (Fsp3) is 0.296. The lowest BCUT2D eigenvalue weighted by Gasteiger charge is -2.30. The maximum absolute atomic E-state index is 12.9. The minimum Gasteiger partial charge on any atom is -0.464 e. The number of benzene rings is 2. The van der Waals surface area contributed by atoms with Crippen molar-refractivity contribution in [3.05, 3.63) is 69.8 Å². The molecule has 1 aliphatic rings. The lowest BCUT2D eigenvalue weighted by Crippen LogP contribution is -2.42. The fourth-order valence-electron chi connectivity index (χ4n) is 4.75. The van der Waals surface area contributed by atoms with E-state index in [0.29, 0.717) is 42.7 Å². The highest BCUT2D eigenvalue weighted by Crippen LogP contribution is 2.34. The summed E-state index contributed by atoms with van der Waals surface area (Å²) in [5, 5.41) is 1.69. The topological polar surface area (TPSA) is 107 Å². The van der Waals surface area contributed by atoms with Gasteiger partial charge in [-0.15, -0.1) is 0 Å². The summed E-state index contributed by atoms with van der Waals surface area (Å²) in [5.74, 6) is -0.673. The highest BCUT2D eigenvalue weighted by atomic mass is 16.4. The van der Waals surface area contributed by atoms with Crippen LogP contribution in [0.25, 0.3) is 33.1 Å². The third kappa shape index (κ3) is 3.87. The lowest BCUT2D eigenvalue weighted by molar-refractivity contribution is -0.134. The highest BCUT2D eigenvalue weighted by molar-refractivity contribution is 6.02. The van der Waals surface area contributed by atoms with Gasteiger partial charge in [-0.05, 0) is 43.9 Å². The number of nitrogens with zero attached hydrogens (tertiary/aromatic N) is 1. The number of furan rings is 1. The lowest BCUT2D eigenvalue weighted by atomic mass is 9.95. The molecule has 34 heavy (non-hydrogen) atoms. The van der Waals surface area contributed by atoms with Gasteiger partial charge >= 0.3 is 5.63 Å². The molecule has 0 bridgehead atoms. The van der Waals surface area contributed by atoms with Crippen molar-refractivity contribution in [2.75, 3.05) is 13.1 Å². The SMILES string of the molecule is Cc1ccc(-c2coc3cc4oc(=O)c(CC(=O)N5CCC(C(N)=O)CC5)c(C)c4cc23)cc1. The molecule has 2 amide bonds. The van der Waals surface area contributed by atoms with Crippen molar-refractivity contribution in [1.29, 1.82) is 0 Å². The Kier molecular flexibility index (Phi) is 5.48. The predicted molar refractivity (Wildman–Crippen MR) is 129 cm³/mol. The average molecular weight is 459 g/mol. The first-order valence-electron chi connectivity index (χ1n) is 11.4.